The lowest BCUT2D eigenvalue weighted by Gasteiger charge is -2.13. The van der Waals surface area contributed by atoms with Crippen molar-refractivity contribution in [3.8, 4) is 12.3 Å². The summed E-state index contributed by atoms with van der Waals surface area (Å²) in [7, 11) is 2.01. The molecule has 1 atom stereocenters. The zero-order valence-corrected chi connectivity index (χ0v) is 11.2. The topological polar surface area (TPSA) is 12.0 Å². The van der Waals surface area contributed by atoms with Crippen molar-refractivity contribution in [2.24, 2.45) is 0 Å². The fourth-order valence-corrected chi connectivity index (χ4v) is 2.82. The molecule has 0 radical (unpaired) electrons. The Bertz CT molecular complexity index is 313. The van der Waals surface area contributed by atoms with E-state index in [1.807, 2.05) is 7.05 Å². The van der Waals surface area contributed by atoms with Gasteiger partial charge in [0.15, 0.2) is 0 Å². The molecule has 0 aliphatic rings. The zero-order chi connectivity index (χ0) is 10.4. The second-order valence-corrected chi connectivity index (χ2v) is 5.93. The van der Waals surface area contributed by atoms with Crippen LogP contribution in [0, 0.1) is 15.2 Å². The number of terminal acetylenes is 1. The second-order valence-electron chi connectivity index (χ2n) is 3.12. The summed E-state index contributed by atoms with van der Waals surface area (Å²) in [6, 6.07) is 2.70. The van der Waals surface area contributed by atoms with Crippen molar-refractivity contribution in [3.05, 3.63) is 19.9 Å². The molecule has 0 saturated heterocycles. The highest BCUT2D eigenvalue weighted by molar-refractivity contribution is 14.1. The van der Waals surface area contributed by atoms with Gasteiger partial charge in [0.25, 0.3) is 0 Å². The molecule has 0 fully saturated rings. The van der Waals surface area contributed by atoms with Gasteiger partial charge in [-0.25, -0.2) is 0 Å². The van der Waals surface area contributed by atoms with Crippen molar-refractivity contribution in [2.75, 3.05) is 7.05 Å². The lowest BCUT2D eigenvalue weighted by molar-refractivity contribution is 0.533. The first-order chi connectivity index (χ1) is 6.77. The van der Waals surface area contributed by atoms with Crippen molar-refractivity contribution in [1.29, 1.82) is 0 Å². The van der Waals surface area contributed by atoms with Gasteiger partial charge >= 0.3 is 0 Å². The molecular formula is C11H14INS. The fraction of sp³-hybridized carbons (Fsp3) is 0.455. The summed E-state index contributed by atoms with van der Waals surface area (Å²) in [5.41, 5.74) is 1.39. The molecule has 1 aromatic heterocycles. The summed E-state index contributed by atoms with van der Waals surface area (Å²) in [5, 5.41) is 5.55. The molecule has 0 spiro atoms. The summed E-state index contributed by atoms with van der Waals surface area (Å²) in [5.74, 6) is 2.68. The lowest BCUT2D eigenvalue weighted by atomic mass is 10.0. The standard InChI is InChI=1S/C11H14INS/c1-3-4-5-6-10(13-2)9-7-11(12)14-8-9/h1,7-8,10,13H,4-6H2,2H3. The zero-order valence-electron chi connectivity index (χ0n) is 8.22. The summed E-state index contributed by atoms with van der Waals surface area (Å²) in [4.78, 5) is 0. The van der Waals surface area contributed by atoms with E-state index in [9.17, 15) is 0 Å². The van der Waals surface area contributed by atoms with Crippen molar-refractivity contribution in [2.45, 2.75) is 25.3 Å². The number of nitrogens with one attached hydrogen (secondary N) is 1. The predicted molar refractivity (Wildman–Crippen MR) is 71.5 cm³/mol. The van der Waals surface area contributed by atoms with Gasteiger partial charge in [0.2, 0.25) is 0 Å². The SMILES string of the molecule is C#CCCCC(NC)c1csc(I)c1. The van der Waals surface area contributed by atoms with Crippen LogP contribution in [-0.2, 0) is 0 Å². The van der Waals surface area contributed by atoms with E-state index in [1.165, 1.54) is 8.45 Å². The molecule has 1 heterocycles. The molecule has 0 amide bonds. The van der Waals surface area contributed by atoms with Crippen LogP contribution in [0.2, 0.25) is 0 Å². The molecule has 0 saturated carbocycles. The first-order valence-corrected chi connectivity index (χ1v) is 6.58. The second kappa shape index (κ2) is 6.44. The van der Waals surface area contributed by atoms with Gasteiger partial charge in [-0.3, -0.25) is 0 Å². The highest BCUT2D eigenvalue weighted by atomic mass is 127. The van der Waals surface area contributed by atoms with Crippen LogP contribution in [-0.4, -0.2) is 7.05 Å². The van der Waals surface area contributed by atoms with E-state index in [0.29, 0.717) is 6.04 Å². The van der Waals surface area contributed by atoms with Crippen LogP contribution in [0.4, 0.5) is 0 Å². The van der Waals surface area contributed by atoms with Gasteiger partial charge in [-0.05, 0) is 59.5 Å². The molecule has 0 aliphatic heterocycles. The highest BCUT2D eigenvalue weighted by Crippen LogP contribution is 2.25. The number of hydrogen-bond acceptors (Lipinski definition) is 2. The summed E-state index contributed by atoms with van der Waals surface area (Å²) < 4.78 is 1.34. The molecule has 0 aliphatic carbocycles. The van der Waals surface area contributed by atoms with Crippen molar-refractivity contribution in [1.82, 2.24) is 5.32 Å². The van der Waals surface area contributed by atoms with Crippen molar-refractivity contribution in [3.63, 3.8) is 0 Å². The Labute approximate surface area is 103 Å². The van der Waals surface area contributed by atoms with Crippen LogP contribution in [0.25, 0.3) is 0 Å². The fourth-order valence-electron chi connectivity index (χ4n) is 1.39. The number of hydrogen-bond donors (Lipinski definition) is 1. The largest absolute Gasteiger partial charge is 0.313 e. The average molecular weight is 319 g/mol. The molecule has 0 bridgehead atoms. The number of halogens is 1. The third-order valence-electron chi connectivity index (χ3n) is 2.15. The van der Waals surface area contributed by atoms with Crippen LogP contribution in [0.3, 0.4) is 0 Å². The third kappa shape index (κ3) is 3.60. The minimum Gasteiger partial charge on any atom is -0.313 e. The molecule has 14 heavy (non-hydrogen) atoms. The summed E-state index contributed by atoms with van der Waals surface area (Å²) >= 11 is 4.15. The molecule has 1 N–H and O–H groups in total. The van der Waals surface area contributed by atoms with E-state index < -0.39 is 0 Å². The van der Waals surface area contributed by atoms with E-state index in [-0.39, 0.29) is 0 Å². The quantitative estimate of drug-likeness (QED) is 0.498. The molecule has 1 rings (SSSR count). The predicted octanol–water partition coefficient (Wildman–Crippen LogP) is 3.42. The van der Waals surface area contributed by atoms with Crippen LogP contribution in [0.5, 0.6) is 0 Å². The molecule has 3 heteroatoms. The molecule has 0 aromatic carbocycles. The first kappa shape index (κ1) is 12.0. The Morgan fingerprint density at radius 2 is 2.50 bits per heavy atom. The number of rotatable bonds is 5. The van der Waals surface area contributed by atoms with Crippen LogP contribution < -0.4 is 5.32 Å². The normalized spacial score (nSPS) is 12.4. The lowest BCUT2D eigenvalue weighted by Crippen LogP contribution is -2.15. The van der Waals surface area contributed by atoms with Crippen molar-refractivity contribution < 1.29 is 0 Å². The Balaban J connectivity index is 2.50. The average Bonchev–Trinajstić information content (AvgIpc) is 2.60. The summed E-state index contributed by atoms with van der Waals surface area (Å²) in [6.07, 6.45) is 8.31. The van der Waals surface area contributed by atoms with Gasteiger partial charge in [-0.1, -0.05) is 0 Å². The molecule has 76 valence electrons. The summed E-state index contributed by atoms with van der Waals surface area (Å²) in [6.45, 7) is 0. The third-order valence-corrected chi connectivity index (χ3v) is 3.96. The van der Waals surface area contributed by atoms with Gasteiger partial charge in [0.1, 0.15) is 0 Å². The minimum absolute atomic E-state index is 0.461. The van der Waals surface area contributed by atoms with Crippen LogP contribution in [0.15, 0.2) is 11.4 Å². The monoisotopic (exact) mass is 319 g/mol. The molecule has 1 unspecified atom stereocenters. The Morgan fingerprint density at radius 1 is 1.71 bits per heavy atom. The van der Waals surface area contributed by atoms with Crippen LogP contribution in [0.1, 0.15) is 30.9 Å². The number of thiophene rings is 1. The van der Waals surface area contributed by atoms with E-state index >= 15 is 0 Å². The molecule has 1 aromatic rings. The Morgan fingerprint density at radius 3 is 3.00 bits per heavy atom. The van der Waals surface area contributed by atoms with Gasteiger partial charge < -0.3 is 5.32 Å². The van der Waals surface area contributed by atoms with Gasteiger partial charge in [-0.15, -0.1) is 23.7 Å². The van der Waals surface area contributed by atoms with Gasteiger partial charge in [0, 0.05) is 12.5 Å². The molecular weight excluding hydrogens is 305 g/mol. The van der Waals surface area contributed by atoms with E-state index in [0.717, 1.165) is 19.3 Å². The number of unbranched alkanes of at least 4 members (excludes halogenated alkanes) is 1. The first-order valence-electron chi connectivity index (χ1n) is 4.62. The maximum Gasteiger partial charge on any atom is 0.0656 e. The van der Waals surface area contributed by atoms with E-state index in [1.54, 1.807) is 11.3 Å². The minimum atomic E-state index is 0.461. The highest BCUT2D eigenvalue weighted by Gasteiger charge is 2.09. The van der Waals surface area contributed by atoms with Crippen molar-refractivity contribution >= 4 is 33.9 Å². The Kier molecular flexibility index (Phi) is 5.53. The van der Waals surface area contributed by atoms with E-state index in [2.05, 4.69) is 45.3 Å². The van der Waals surface area contributed by atoms with E-state index in [4.69, 9.17) is 6.42 Å². The molecule has 1 nitrogen and oxygen atoms in total. The van der Waals surface area contributed by atoms with Gasteiger partial charge in [-0.2, -0.15) is 0 Å². The van der Waals surface area contributed by atoms with Crippen LogP contribution >= 0.6 is 33.9 Å². The smallest absolute Gasteiger partial charge is 0.0656 e. The Hall–Kier alpha value is -0.0500. The maximum atomic E-state index is 5.23. The van der Waals surface area contributed by atoms with Gasteiger partial charge in [0.05, 0.1) is 2.88 Å². The maximum absolute atomic E-state index is 5.23.